The first-order valence-corrected chi connectivity index (χ1v) is 10.1. The molecule has 0 saturated heterocycles. The highest BCUT2D eigenvalue weighted by molar-refractivity contribution is 5.31. The fourth-order valence-corrected chi connectivity index (χ4v) is 3.81. The van der Waals surface area contributed by atoms with E-state index in [9.17, 15) is 22.4 Å². The van der Waals surface area contributed by atoms with Crippen molar-refractivity contribution in [3.8, 4) is 5.75 Å². The maximum absolute atomic E-state index is 13.5. The Morgan fingerprint density at radius 3 is 2.53 bits per heavy atom. The van der Waals surface area contributed by atoms with E-state index >= 15 is 0 Å². The van der Waals surface area contributed by atoms with Crippen LogP contribution in [0.1, 0.15) is 35.5 Å². The second-order valence-corrected chi connectivity index (χ2v) is 7.76. The molecule has 0 N–H and O–H groups in total. The number of fused-ring (bicyclic) bond motifs is 1. The average molecular weight is 447 g/mol. The van der Waals surface area contributed by atoms with Crippen LogP contribution in [0, 0.1) is 5.82 Å². The zero-order valence-corrected chi connectivity index (χ0v) is 17.3. The summed E-state index contributed by atoms with van der Waals surface area (Å²) in [6.07, 6.45) is -3.44. The molecule has 168 valence electrons. The molecule has 0 radical (unpaired) electrons. The summed E-state index contributed by atoms with van der Waals surface area (Å²) in [5, 5.41) is 0. The first kappa shape index (κ1) is 22.0. The summed E-state index contributed by atoms with van der Waals surface area (Å²) in [7, 11) is 0. The number of rotatable bonds is 6. The number of hydrogen-bond acceptors (Lipinski definition) is 4. The lowest BCUT2D eigenvalue weighted by atomic mass is 10.1. The lowest BCUT2D eigenvalue weighted by molar-refractivity contribution is -0.142. The van der Waals surface area contributed by atoms with Crippen molar-refractivity contribution in [2.75, 3.05) is 0 Å². The third-order valence-electron chi connectivity index (χ3n) is 5.46. The predicted octanol–water partition coefficient (Wildman–Crippen LogP) is 4.60. The van der Waals surface area contributed by atoms with E-state index in [1.54, 1.807) is 37.3 Å². The van der Waals surface area contributed by atoms with Crippen molar-refractivity contribution in [3.05, 3.63) is 93.4 Å². The Kier molecular flexibility index (Phi) is 6.01. The number of hydrogen-bond donors (Lipinski definition) is 0. The standard InChI is InChI=1S/C23H21F4N3O2/c1-15(29-11-17-7-8-19(24)9-18(17)12-29)21-28-10-20(22(31)30(21)14-23(25,26)27)32-13-16-5-3-2-4-6-16/h2-10,15H,11-14H2,1H3/t15-/m0/s1. The Labute approximate surface area is 181 Å². The Bertz CT molecular complexity index is 1160. The fraction of sp³-hybridized carbons (Fsp3) is 0.304. The number of benzene rings is 2. The maximum atomic E-state index is 13.5. The summed E-state index contributed by atoms with van der Waals surface area (Å²) in [4.78, 5) is 18.9. The molecule has 5 nitrogen and oxygen atoms in total. The van der Waals surface area contributed by atoms with E-state index in [1.165, 1.54) is 18.3 Å². The monoisotopic (exact) mass is 447 g/mol. The van der Waals surface area contributed by atoms with Crippen molar-refractivity contribution in [2.24, 2.45) is 0 Å². The number of halogens is 4. The van der Waals surface area contributed by atoms with Crippen molar-refractivity contribution in [1.29, 1.82) is 0 Å². The lowest BCUT2D eigenvalue weighted by Crippen LogP contribution is -2.35. The van der Waals surface area contributed by atoms with Gasteiger partial charge in [0, 0.05) is 13.1 Å². The van der Waals surface area contributed by atoms with Crippen LogP contribution in [0.25, 0.3) is 0 Å². The van der Waals surface area contributed by atoms with Gasteiger partial charge in [-0.15, -0.1) is 0 Å². The summed E-state index contributed by atoms with van der Waals surface area (Å²) < 4.78 is 59.5. The minimum Gasteiger partial charge on any atom is -0.482 e. The van der Waals surface area contributed by atoms with Crippen LogP contribution in [0.2, 0.25) is 0 Å². The van der Waals surface area contributed by atoms with E-state index in [2.05, 4.69) is 4.98 Å². The van der Waals surface area contributed by atoms with Gasteiger partial charge in [-0.05, 0) is 35.7 Å². The molecule has 0 saturated carbocycles. The molecule has 1 aliphatic rings. The van der Waals surface area contributed by atoms with Gasteiger partial charge in [0.1, 0.15) is 24.8 Å². The van der Waals surface area contributed by atoms with Gasteiger partial charge in [0.25, 0.3) is 5.56 Å². The van der Waals surface area contributed by atoms with Crippen LogP contribution in [-0.2, 0) is 26.2 Å². The quantitative estimate of drug-likeness (QED) is 0.519. The lowest BCUT2D eigenvalue weighted by Gasteiger charge is -2.26. The number of aromatic nitrogens is 2. The smallest absolute Gasteiger partial charge is 0.406 e. The van der Waals surface area contributed by atoms with Gasteiger partial charge in [0.2, 0.25) is 5.75 Å². The molecule has 0 fully saturated rings. The van der Waals surface area contributed by atoms with Crippen molar-refractivity contribution in [3.63, 3.8) is 0 Å². The molecule has 32 heavy (non-hydrogen) atoms. The summed E-state index contributed by atoms with van der Waals surface area (Å²) in [5.41, 5.74) is 1.54. The minimum atomic E-state index is -4.62. The normalized spacial score (nSPS) is 14.9. The molecular formula is C23H21F4N3O2. The second-order valence-electron chi connectivity index (χ2n) is 7.76. The SMILES string of the molecule is C[C@@H](c1ncc(OCc2ccccc2)c(=O)n1CC(F)(F)F)N1Cc2ccc(F)cc2C1. The molecular weight excluding hydrogens is 426 g/mol. The van der Waals surface area contributed by atoms with E-state index in [1.807, 2.05) is 11.0 Å². The molecule has 0 bridgehead atoms. The summed E-state index contributed by atoms with van der Waals surface area (Å²) in [5.74, 6) is -0.640. The van der Waals surface area contributed by atoms with E-state index in [-0.39, 0.29) is 24.0 Å². The third-order valence-corrected chi connectivity index (χ3v) is 5.46. The number of alkyl halides is 3. The Morgan fingerprint density at radius 1 is 1.09 bits per heavy atom. The molecule has 1 aliphatic heterocycles. The minimum absolute atomic E-state index is 0.0207. The largest absolute Gasteiger partial charge is 0.482 e. The van der Waals surface area contributed by atoms with E-state index in [4.69, 9.17) is 4.74 Å². The molecule has 0 spiro atoms. The first-order valence-electron chi connectivity index (χ1n) is 10.1. The molecule has 1 aromatic heterocycles. The van der Waals surface area contributed by atoms with Crippen LogP contribution in [0.15, 0.2) is 59.5 Å². The zero-order chi connectivity index (χ0) is 22.9. The van der Waals surface area contributed by atoms with Gasteiger partial charge in [-0.2, -0.15) is 13.2 Å². The average Bonchev–Trinajstić information content (AvgIpc) is 3.17. The molecule has 0 amide bonds. The highest BCUT2D eigenvalue weighted by atomic mass is 19.4. The van der Waals surface area contributed by atoms with Crippen molar-refractivity contribution < 1.29 is 22.3 Å². The molecule has 2 heterocycles. The Balaban J connectivity index is 1.62. The maximum Gasteiger partial charge on any atom is 0.406 e. The highest BCUT2D eigenvalue weighted by Crippen LogP contribution is 2.31. The molecule has 3 aromatic rings. The molecule has 9 heteroatoms. The van der Waals surface area contributed by atoms with Crippen molar-refractivity contribution in [2.45, 2.75) is 45.4 Å². The molecule has 1 atom stereocenters. The van der Waals surface area contributed by atoms with Gasteiger partial charge in [-0.25, -0.2) is 9.37 Å². The fourth-order valence-electron chi connectivity index (χ4n) is 3.81. The van der Waals surface area contributed by atoms with Gasteiger partial charge in [0.15, 0.2) is 0 Å². The summed E-state index contributed by atoms with van der Waals surface area (Å²) >= 11 is 0. The third kappa shape index (κ3) is 4.83. The van der Waals surface area contributed by atoms with Gasteiger partial charge in [-0.3, -0.25) is 14.3 Å². The van der Waals surface area contributed by atoms with Gasteiger partial charge >= 0.3 is 6.18 Å². The van der Waals surface area contributed by atoms with Gasteiger partial charge in [0.05, 0.1) is 12.2 Å². The zero-order valence-electron chi connectivity index (χ0n) is 17.3. The van der Waals surface area contributed by atoms with E-state index < -0.39 is 24.3 Å². The Morgan fingerprint density at radius 2 is 1.81 bits per heavy atom. The molecule has 4 rings (SSSR count). The van der Waals surface area contributed by atoms with Crippen LogP contribution >= 0.6 is 0 Å². The van der Waals surface area contributed by atoms with Crippen LogP contribution in [0.4, 0.5) is 17.6 Å². The summed E-state index contributed by atoms with van der Waals surface area (Å²) in [6.45, 7) is 1.01. The predicted molar refractivity (Wildman–Crippen MR) is 109 cm³/mol. The second kappa shape index (κ2) is 8.74. The highest BCUT2D eigenvalue weighted by Gasteiger charge is 2.34. The van der Waals surface area contributed by atoms with Crippen LogP contribution in [-0.4, -0.2) is 20.6 Å². The van der Waals surface area contributed by atoms with E-state index in [0.29, 0.717) is 17.7 Å². The van der Waals surface area contributed by atoms with Crippen molar-refractivity contribution in [1.82, 2.24) is 14.5 Å². The van der Waals surface area contributed by atoms with Gasteiger partial charge < -0.3 is 4.74 Å². The number of nitrogens with zero attached hydrogens (tertiary/aromatic N) is 3. The summed E-state index contributed by atoms with van der Waals surface area (Å²) in [6, 6.07) is 12.8. The molecule has 2 aromatic carbocycles. The topological polar surface area (TPSA) is 47.4 Å². The van der Waals surface area contributed by atoms with E-state index in [0.717, 1.165) is 16.7 Å². The molecule has 0 aliphatic carbocycles. The molecule has 0 unspecified atom stereocenters. The van der Waals surface area contributed by atoms with Crippen LogP contribution in [0.3, 0.4) is 0 Å². The first-order chi connectivity index (χ1) is 15.2. The van der Waals surface area contributed by atoms with Crippen LogP contribution < -0.4 is 10.3 Å². The Hall–Kier alpha value is -3.20. The number of ether oxygens (including phenoxy) is 1. The van der Waals surface area contributed by atoms with Gasteiger partial charge in [-0.1, -0.05) is 36.4 Å². The van der Waals surface area contributed by atoms with Crippen LogP contribution in [0.5, 0.6) is 5.75 Å². The van der Waals surface area contributed by atoms with Crippen molar-refractivity contribution >= 4 is 0 Å².